The molecule has 0 radical (unpaired) electrons. The fraction of sp³-hybridized carbons (Fsp3) is 1.00. The highest BCUT2D eigenvalue weighted by Crippen LogP contribution is 2.35. The normalized spacial score (nSPS) is 36.2. The van der Waals surface area contributed by atoms with Gasteiger partial charge in [-0.25, -0.2) is 0 Å². The highest BCUT2D eigenvalue weighted by Gasteiger charge is 2.34. The van der Waals surface area contributed by atoms with Crippen molar-refractivity contribution in [2.75, 3.05) is 19.6 Å². The molecule has 94 valence electrons. The molecule has 2 N–H and O–H groups in total. The first-order valence-corrected chi connectivity index (χ1v) is 7.06. The van der Waals surface area contributed by atoms with E-state index in [1.165, 1.54) is 51.6 Å². The predicted octanol–water partition coefficient (Wildman–Crippen LogP) is 2.63. The van der Waals surface area contributed by atoms with Crippen LogP contribution in [0.15, 0.2) is 0 Å². The van der Waals surface area contributed by atoms with E-state index in [1.807, 2.05) is 0 Å². The lowest BCUT2D eigenvalue weighted by Crippen LogP contribution is -2.51. The van der Waals surface area contributed by atoms with Crippen LogP contribution in [0, 0.1) is 11.3 Å². The van der Waals surface area contributed by atoms with Gasteiger partial charge in [-0.15, -0.1) is 0 Å². The zero-order valence-electron chi connectivity index (χ0n) is 11.0. The van der Waals surface area contributed by atoms with E-state index in [-0.39, 0.29) is 0 Å². The van der Waals surface area contributed by atoms with Gasteiger partial charge in [0.15, 0.2) is 0 Å². The summed E-state index contributed by atoms with van der Waals surface area (Å²) in [5.41, 5.74) is 6.46. The molecule has 0 aromatic carbocycles. The van der Waals surface area contributed by atoms with Gasteiger partial charge in [-0.1, -0.05) is 26.7 Å². The van der Waals surface area contributed by atoms with Crippen LogP contribution >= 0.6 is 0 Å². The van der Waals surface area contributed by atoms with E-state index in [1.54, 1.807) is 0 Å². The van der Waals surface area contributed by atoms with Gasteiger partial charge in [0.2, 0.25) is 0 Å². The van der Waals surface area contributed by atoms with Gasteiger partial charge in [-0.3, -0.25) is 4.90 Å². The van der Waals surface area contributed by atoms with Crippen LogP contribution < -0.4 is 5.73 Å². The second-order valence-electron chi connectivity index (χ2n) is 6.59. The maximum absolute atomic E-state index is 5.94. The first-order chi connectivity index (χ1) is 7.62. The molecular weight excluding hydrogens is 196 g/mol. The quantitative estimate of drug-likeness (QED) is 0.781. The molecule has 16 heavy (non-hydrogen) atoms. The molecule has 2 aliphatic rings. The standard InChI is InChI=1S/C14H28N2/c1-14(2)8-5-9-16(11-14)13-7-4-3-6-12(13)10-15/h12-13H,3-11,15H2,1-2H3. The van der Waals surface area contributed by atoms with Crippen molar-refractivity contribution in [1.82, 2.24) is 4.90 Å². The van der Waals surface area contributed by atoms with E-state index >= 15 is 0 Å². The SMILES string of the molecule is CC1(C)CCCN(C2CCCCC2CN)C1. The van der Waals surface area contributed by atoms with Crippen molar-refractivity contribution in [3.63, 3.8) is 0 Å². The molecule has 1 saturated carbocycles. The highest BCUT2D eigenvalue weighted by atomic mass is 15.2. The summed E-state index contributed by atoms with van der Waals surface area (Å²) in [6.07, 6.45) is 8.33. The van der Waals surface area contributed by atoms with Crippen molar-refractivity contribution >= 4 is 0 Å². The lowest BCUT2D eigenvalue weighted by Gasteiger charge is -2.46. The van der Waals surface area contributed by atoms with Gasteiger partial charge in [0, 0.05) is 12.6 Å². The fourth-order valence-electron chi connectivity index (χ4n) is 3.70. The van der Waals surface area contributed by atoms with Gasteiger partial charge in [0.25, 0.3) is 0 Å². The van der Waals surface area contributed by atoms with Crippen molar-refractivity contribution in [3.8, 4) is 0 Å². The average Bonchev–Trinajstić information content (AvgIpc) is 2.27. The van der Waals surface area contributed by atoms with Crippen molar-refractivity contribution in [1.29, 1.82) is 0 Å². The van der Waals surface area contributed by atoms with Crippen LogP contribution in [0.3, 0.4) is 0 Å². The Morgan fingerprint density at radius 2 is 1.94 bits per heavy atom. The molecule has 0 aromatic rings. The maximum Gasteiger partial charge on any atom is 0.0136 e. The number of nitrogens with two attached hydrogens (primary N) is 1. The molecular formula is C14H28N2. The second-order valence-corrected chi connectivity index (χ2v) is 6.59. The number of hydrogen-bond donors (Lipinski definition) is 1. The number of nitrogens with zero attached hydrogens (tertiary/aromatic N) is 1. The van der Waals surface area contributed by atoms with Crippen LogP contribution in [0.2, 0.25) is 0 Å². The molecule has 0 aromatic heterocycles. The zero-order valence-corrected chi connectivity index (χ0v) is 11.0. The Kier molecular flexibility index (Phi) is 3.91. The summed E-state index contributed by atoms with van der Waals surface area (Å²) < 4.78 is 0. The molecule has 2 nitrogen and oxygen atoms in total. The Morgan fingerprint density at radius 3 is 2.62 bits per heavy atom. The number of hydrogen-bond acceptors (Lipinski definition) is 2. The average molecular weight is 224 g/mol. The Balaban J connectivity index is 1.99. The largest absolute Gasteiger partial charge is 0.330 e. The number of rotatable bonds is 2. The number of piperidine rings is 1. The summed E-state index contributed by atoms with van der Waals surface area (Å²) in [6, 6.07) is 0.790. The van der Waals surface area contributed by atoms with Gasteiger partial charge < -0.3 is 5.73 Å². The molecule has 0 spiro atoms. The fourth-order valence-corrected chi connectivity index (χ4v) is 3.70. The monoisotopic (exact) mass is 224 g/mol. The Morgan fingerprint density at radius 1 is 1.19 bits per heavy atom. The Hall–Kier alpha value is -0.0800. The lowest BCUT2D eigenvalue weighted by atomic mass is 9.79. The van der Waals surface area contributed by atoms with Gasteiger partial charge >= 0.3 is 0 Å². The van der Waals surface area contributed by atoms with Crippen LogP contribution in [-0.4, -0.2) is 30.6 Å². The third-order valence-electron chi connectivity index (χ3n) is 4.57. The molecule has 2 rings (SSSR count). The van der Waals surface area contributed by atoms with Gasteiger partial charge in [0.05, 0.1) is 0 Å². The van der Waals surface area contributed by atoms with Crippen LogP contribution in [0.1, 0.15) is 52.4 Å². The minimum Gasteiger partial charge on any atom is -0.330 e. The molecule has 0 bridgehead atoms. The highest BCUT2D eigenvalue weighted by molar-refractivity contribution is 4.89. The zero-order chi connectivity index (χ0) is 11.6. The maximum atomic E-state index is 5.94. The summed E-state index contributed by atoms with van der Waals surface area (Å²) in [4.78, 5) is 2.75. The molecule has 2 atom stereocenters. The lowest BCUT2D eigenvalue weighted by molar-refractivity contribution is 0.0355. The molecule has 1 saturated heterocycles. The van der Waals surface area contributed by atoms with Crippen molar-refractivity contribution < 1.29 is 0 Å². The minimum atomic E-state index is 0.523. The van der Waals surface area contributed by atoms with E-state index in [9.17, 15) is 0 Å². The summed E-state index contributed by atoms with van der Waals surface area (Å²) >= 11 is 0. The molecule has 1 aliphatic heterocycles. The molecule has 2 heteroatoms. The van der Waals surface area contributed by atoms with E-state index in [0.29, 0.717) is 5.41 Å². The van der Waals surface area contributed by atoms with Crippen molar-refractivity contribution in [3.05, 3.63) is 0 Å². The van der Waals surface area contributed by atoms with Crippen LogP contribution in [0.25, 0.3) is 0 Å². The van der Waals surface area contributed by atoms with Crippen molar-refractivity contribution in [2.24, 2.45) is 17.1 Å². The topological polar surface area (TPSA) is 29.3 Å². The van der Waals surface area contributed by atoms with Gasteiger partial charge in [0.1, 0.15) is 0 Å². The van der Waals surface area contributed by atoms with Crippen LogP contribution in [0.4, 0.5) is 0 Å². The Bertz CT molecular complexity index is 225. The van der Waals surface area contributed by atoms with Gasteiger partial charge in [-0.2, -0.15) is 0 Å². The molecule has 2 unspecified atom stereocenters. The minimum absolute atomic E-state index is 0.523. The van der Waals surface area contributed by atoms with E-state index in [4.69, 9.17) is 5.73 Å². The molecule has 1 heterocycles. The summed E-state index contributed by atoms with van der Waals surface area (Å²) in [5.74, 6) is 0.766. The third kappa shape index (κ3) is 2.78. The second kappa shape index (κ2) is 5.05. The third-order valence-corrected chi connectivity index (χ3v) is 4.57. The van der Waals surface area contributed by atoms with E-state index < -0.39 is 0 Å². The molecule has 0 amide bonds. The van der Waals surface area contributed by atoms with E-state index in [0.717, 1.165) is 18.5 Å². The molecule has 1 aliphatic carbocycles. The van der Waals surface area contributed by atoms with Crippen LogP contribution in [-0.2, 0) is 0 Å². The Labute approximate surface area is 101 Å². The van der Waals surface area contributed by atoms with Gasteiger partial charge in [-0.05, 0) is 50.1 Å². The predicted molar refractivity (Wildman–Crippen MR) is 69.4 cm³/mol. The smallest absolute Gasteiger partial charge is 0.0136 e. The van der Waals surface area contributed by atoms with Crippen LogP contribution in [0.5, 0.6) is 0 Å². The summed E-state index contributed by atoms with van der Waals surface area (Å²) in [5, 5.41) is 0. The first kappa shape index (κ1) is 12.4. The first-order valence-electron chi connectivity index (χ1n) is 7.06. The number of likely N-dealkylation sites (tertiary alicyclic amines) is 1. The molecule has 2 fully saturated rings. The summed E-state index contributed by atoms with van der Waals surface area (Å²) in [7, 11) is 0. The van der Waals surface area contributed by atoms with E-state index in [2.05, 4.69) is 18.7 Å². The van der Waals surface area contributed by atoms with Crippen molar-refractivity contribution in [2.45, 2.75) is 58.4 Å². The summed E-state index contributed by atoms with van der Waals surface area (Å²) in [6.45, 7) is 8.32.